The first-order valence-electron chi connectivity index (χ1n) is 5.06. The van der Waals surface area contributed by atoms with E-state index in [0.717, 1.165) is 11.1 Å². The zero-order valence-electron chi connectivity index (χ0n) is 9.27. The van der Waals surface area contributed by atoms with Crippen LogP contribution in [0.25, 0.3) is 0 Å². The molecular formula is C13H12N2O. The zero-order chi connectivity index (χ0) is 11.5. The van der Waals surface area contributed by atoms with Gasteiger partial charge in [0.05, 0.1) is 0 Å². The van der Waals surface area contributed by atoms with Crippen LogP contribution in [-0.4, -0.2) is 15.8 Å². The highest BCUT2D eigenvalue weighted by molar-refractivity contribution is 6.08. The molecule has 1 heterocycles. The van der Waals surface area contributed by atoms with Crippen LogP contribution >= 0.6 is 0 Å². The Bertz CT molecular complexity index is 521. The molecule has 0 aliphatic carbocycles. The van der Waals surface area contributed by atoms with Gasteiger partial charge in [0.1, 0.15) is 12.0 Å². The number of aryl methyl sites for hydroxylation is 2. The Morgan fingerprint density at radius 3 is 2.69 bits per heavy atom. The number of ketones is 1. The van der Waals surface area contributed by atoms with Crippen molar-refractivity contribution in [2.24, 2.45) is 0 Å². The lowest BCUT2D eigenvalue weighted by atomic mass is 10.0. The van der Waals surface area contributed by atoms with Crippen molar-refractivity contribution in [1.29, 1.82) is 0 Å². The number of carbonyl (C=O) groups is 1. The Hall–Kier alpha value is -2.03. The van der Waals surface area contributed by atoms with Crippen molar-refractivity contribution < 1.29 is 4.79 Å². The van der Waals surface area contributed by atoms with Gasteiger partial charge in [0.15, 0.2) is 0 Å². The van der Waals surface area contributed by atoms with Gasteiger partial charge < -0.3 is 0 Å². The van der Waals surface area contributed by atoms with Crippen molar-refractivity contribution in [1.82, 2.24) is 9.97 Å². The second kappa shape index (κ2) is 4.23. The summed E-state index contributed by atoms with van der Waals surface area (Å²) in [6.45, 7) is 3.89. The molecule has 0 atom stereocenters. The van der Waals surface area contributed by atoms with E-state index in [1.807, 2.05) is 32.0 Å². The van der Waals surface area contributed by atoms with Crippen molar-refractivity contribution in [2.75, 3.05) is 0 Å². The van der Waals surface area contributed by atoms with Crippen LogP contribution in [0.2, 0.25) is 0 Å². The van der Waals surface area contributed by atoms with Crippen molar-refractivity contribution in [3.05, 3.63) is 59.2 Å². The summed E-state index contributed by atoms with van der Waals surface area (Å²) >= 11 is 0. The maximum atomic E-state index is 12.1. The normalized spacial score (nSPS) is 10.1. The molecule has 0 saturated carbocycles. The molecule has 0 aliphatic heterocycles. The molecule has 2 aromatic rings. The Labute approximate surface area is 94.2 Å². The van der Waals surface area contributed by atoms with E-state index in [1.54, 1.807) is 12.3 Å². The van der Waals surface area contributed by atoms with Crippen LogP contribution in [0.5, 0.6) is 0 Å². The lowest BCUT2D eigenvalue weighted by molar-refractivity contribution is 0.103. The number of benzene rings is 1. The van der Waals surface area contributed by atoms with Gasteiger partial charge in [-0.3, -0.25) is 4.79 Å². The van der Waals surface area contributed by atoms with Crippen LogP contribution in [0.3, 0.4) is 0 Å². The third kappa shape index (κ3) is 1.98. The van der Waals surface area contributed by atoms with Crippen molar-refractivity contribution >= 4 is 5.78 Å². The van der Waals surface area contributed by atoms with E-state index >= 15 is 0 Å². The molecule has 0 saturated heterocycles. The third-order valence-electron chi connectivity index (χ3n) is 2.45. The summed E-state index contributed by atoms with van der Waals surface area (Å²) in [5.74, 6) is -0.0522. The molecule has 0 bridgehead atoms. The minimum atomic E-state index is -0.0522. The molecule has 3 nitrogen and oxygen atoms in total. The first kappa shape index (κ1) is 10.5. The number of hydrogen-bond donors (Lipinski definition) is 0. The maximum Gasteiger partial charge on any atom is 0.211 e. The summed E-state index contributed by atoms with van der Waals surface area (Å²) in [7, 11) is 0. The number of nitrogens with zero attached hydrogens (tertiary/aromatic N) is 2. The van der Waals surface area contributed by atoms with E-state index in [2.05, 4.69) is 9.97 Å². The molecular weight excluding hydrogens is 200 g/mol. The Kier molecular flexibility index (Phi) is 2.77. The van der Waals surface area contributed by atoms with Gasteiger partial charge in [0.25, 0.3) is 0 Å². The topological polar surface area (TPSA) is 42.9 Å². The number of aromatic nitrogens is 2. The molecule has 80 valence electrons. The standard InChI is InChI=1S/C13H12N2O/c1-9-3-4-10(2)11(7-9)13(16)12-5-6-14-8-15-12/h3-8H,1-2H3. The van der Waals surface area contributed by atoms with Gasteiger partial charge >= 0.3 is 0 Å². The molecule has 0 radical (unpaired) electrons. The van der Waals surface area contributed by atoms with Crippen LogP contribution in [0.4, 0.5) is 0 Å². The number of rotatable bonds is 2. The summed E-state index contributed by atoms with van der Waals surface area (Å²) in [6.07, 6.45) is 2.96. The van der Waals surface area contributed by atoms with Crippen molar-refractivity contribution in [2.45, 2.75) is 13.8 Å². The van der Waals surface area contributed by atoms with Gasteiger partial charge in [-0.15, -0.1) is 0 Å². The molecule has 1 aromatic heterocycles. The van der Waals surface area contributed by atoms with Gasteiger partial charge in [0, 0.05) is 11.8 Å². The molecule has 1 aromatic carbocycles. The van der Waals surface area contributed by atoms with E-state index in [1.165, 1.54) is 6.33 Å². The average molecular weight is 212 g/mol. The Balaban J connectivity index is 2.46. The quantitative estimate of drug-likeness (QED) is 0.717. The van der Waals surface area contributed by atoms with E-state index in [-0.39, 0.29) is 5.78 Å². The third-order valence-corrected chi connectivity index (χ3v) is 2.45. The minimum Gasteiger partial charge on any atom is -0.287 e. The second-order valence-corrected chi connectivity index (χ2v) is 3.74. The van der Waals surface area contributed by atoms with Gasteiger partial charge in [-0.1, -0.05) is 17.7 Å². The molecule has 0 amide bonds. The molecule has 0 aliphatic rings. The first-order chi connectivity index (χ1) is 7.68. The smallest absolute Gasteiger partial charge is 0.211 e. The van der Waals surface area contributed by atoms with Gasteiger partial charge in [-0.05, 0) is 31.5 Å². The number of hydrogen-bond acceptors (Lipinski definition) is 3. The lowest BCUT2D eigenvalue weighted by Gasteiger charge is -2.05. The second-order valence-electron chi connectivity index (χ2n) is 3.74. The highest BCUT2D eigenvalue weighted by Gasteiger charge is 2.12. The fourth-order valence-corrected chi connectivity index (χ4v) is 1.54. The van der Waals surface area contributed by atoms with E-state index in [9.17, 15) is 4.79 Å². The van der Waals surface area contributed by atoms with E-state index in [4.69, 9.17) is 0 Å². The maximum absolute atomic E-state index is 12.1. The predicted octanol–water partition coefficient (Wildman–Crippen LogP) is 2.32. The van der Waals surface area contributed by atoms with E-state index in [0.29, 0.717) is 11.3 Å². The summed E-state index contributed by atoms with van der Waals surface area (Å²) in [5.41, 5.74) is 3.18. The van der Waals surface area contributed by atoms with Crippen LogP contribution in [0.1, 0.15) is 27.2 Å². The largest absolute Gasteiger partial charge is 0.287 e. The van der Waals surface area contributed by atoms with E-state index < -0.39 is 0 Å². The Morgan fingerprint density at radius 2 is 2.00 bits per heavy atom. The SMILES string of the molecule is Cc1ccc(C)c(C(=O)c2ccncn2)c1. The fraction of sp³-hybridized carbons (Fsp3) is 0.154. The highest BCUT2D eigenvalue weighted by Crippen LogP contribution is 2.14. The van der Waals surface area contributed by atoms with Gasteiger partial charge in [0.2, 0.25) is 5.78 Å². The first-order valence-corrected chi connectivity index (χ1v) is 5.06. The van der Waals surface area contributed by atoms with Crippen LogP contribution < -0.4 is 0 Å². The molecule has 3 heteroatoms. The fourth-order valence-electron chi connectivity index (χ4n) is 1.54. The molecule has 16 heavy (non-hydrogen) atoms. The molecule has 0 N–H and O–H groups in total. The van der Waals surface area contributed by atoms with Crippen molar-refractivity contribution in [3.63, 3.8) is 0 Å². The minimum absolute atomic E-state index is 0.0522. The van der Waals surface area contributed by atoms with Crippen LogP contribution in [-0.2, 0) is 0 Å². The predicted molar refractivity (Wildman–Crippen MR) is 61.4 cm³/mol. The molecule has 0 fully saturated rings. The van der Waals surface area contributed by atoms with Gasteiger partial charge in [-0.25, -0.2) is 9.97 Å². The molecule has 0 spiro atoms. The lowest BCUT2D eigenvalue weighted by Crippen LogP contribution is -2.06. The van der Waals surface area contributed by atoms with Gasteiger partial charge in [-0.2, -0.15) is 0 Å². The van der Waals surface area contributed by atoms with Crippen LogP contribution in [0, 0.1) is 13.8 Å². The van der Waals surface area contributed by atoms with Crippen LogP contribution in [0.15, 0.2) is 36.8 Å². The monoisotopic (exact) mass is 212 g/mol. The molecule has 2 rings (SSSR count). The van der Waals surface area contributed by atoms with Crippen molar-refractivity contribution in [3.8, 4) is 0 Å². The zero-order valence-corrected chi connectivity index (χ0v) is 9.27. The Morgan fingerprint density at radius 1 is 1.19 bits per heavy atom. The summed E-state index contributed by atoms with van der Waals surface area (Å²) < 4.78 is 0. The average Bonchev–Trinajstić information content (AvgIpc) is 2.32. The molecule has 0 unspecified atom stereocenters. The highest BCUT2D eigenvalue weighted by atomic mass is 16.1. The summed E-state index contributed by atoms with van der Waals surface area (Å²) in [4.78, 5) is 19.9. The number of carbonyl (C=O) groups excluding carboxylic acids is 1. The summed E-state index contributed by atoms with van der Waals surface area (Å²) in [6, 6.07) is 7.46. The summed E-state index contributed by atoms with van der Waals surface area (Å²) in [5, 5.41) is 0.